The Balaban J connectivity index is 1.40. The molecular weight excluding hydrogens is 588 g/mol. The first-order valence-electron chi connectivity index (χ1n) is 12.3. The van der Waals surface area contributed by atoms with Crippen LogP contribution in [0.25, 0.3) is 22.8 Å². The van der Waals surface area contributed by atoms with Crippen LogP contribution in [0.3, 0.4) is 0 Å². The van der Waals surface area contributed by atoms with Gasteiger partial charge in [-0.25, -0.2) is 0 Å². The van der Waals surface area contributed by atoms with Crippen molar-refractivity contribution in [3.8, 4) is 22.8 Å². The van der Waals surface area contributed by atoms with Crippen LogP contribution < -0.4 is 0 Å². The minimum atomic E-state index is 0.103. The van der Waals surface area contributed by atoms with Gasteiger partial charge in [0.05, 0.1) is 0 Å². The fourth-order valence-corrected chi connectivity index (χ4v) is 4.94. The molecule has 0 aliphatic heterocycles. The summed E-state index contributed by atoms with van der Waals surface area (Å²) in [6.45, 7) is 6.62. The number of rotatable bonds is 6. The van der Waals surface area contributed by atoms with E-state index in [0.29, 0.717) is 11.7 Å². The van der Waals surface area contributed by atoms with E-state index in [1.807, 2.05) is 12.1 Å². The van der Waals surface area contributed by atoms with Gasteiger partial charge in [-0.2, -0.15) is 4.98 Å². The molecule has 5 aromatic rings. The lowest BCUT2D eigenvalue weighted by atomic mass is 9.85. The Kier molecular flexibility index (Phi) is 7.45. The Morgan fingerprint density at radius 3 is 1.76 bits per heavy atom. The molecule has 1 unspecified atom stereocenters. The van der Waals surface area contributed by atoms with Crippen molar-refractivity contribution in [1.82, 2.24) is 10.1 Å². The third kappa shape index (κ3) is 6.11. The number of aromatic nitrogens is 2. The first-order valence-corrected chi connectivity index (χ1v) is 13.9. The SMILES string of the molecule is CC(C)(C)c1ccc(-c2nc(-c3ccc(C(Cc4ccc(Br)cc4)c4ccc(Br)cc4)cc3)no2)cc1. The molecule has 1 aromatic heterocycles. The van der Waals surface area contributed by atoms with Crippen LogP contribution in [0, 0.1) is 0 Å². The van der Waals surface area contributed by atoms with E-state index in [1.54, 1.807) is 0 Å². The molecule has 0 amide bonds. The summed E-state index contributed by atoms with van der Waals surface area (Å²) in [4.78, 5) is 4.67. The number of halogens is 2. The summed E-state index contributed by atoms with van der Waals surface area (Å²) in [5.74, 6) is 1.35. The molecule has 0 aliphatic rings. The van der Waals surface area contributed by atoms with Gasteiger partial charge in [-0.05, 0) is 70.5 Å². The van der Waals surface area contributed by atoms with Gasteiger partial charge in [0.2, 0.25) is 5.82 Å². The highest BCUT2D eigenvalue weighted by atomic mass is 79.9. The van der Waals surface area contributed by atoms with E-state index in [1.165, 1.54) is 22.3 Å². The summed E-state index contributed by atoms with van der Waals surface area (Å²) in [7, 11) is 0. The van der Waals surface area contributed by atoms with Crippen molar-refractivity contribution >= 4 is 31.9 Å². The summed E-state index contributed by atoms with van der Waals surface area (Å²) in [6.07, 6.45) is 0.908. The van der Waals surface area contributed by atoms with Crippen molar-refractivity contribution in [3.05, 3.63) is 128 Å². The first kappa shape index (κ1) is 25.6. The Bertz CT molecular complexity index is 1460. The molecule has 3 nitrogen and oxygen atoms in total. The quantitative estimate of drug-likeness (QED) is 0.191. The van der Waals surface area contributed by atoms with E-state index < -0.39 is 0 Å². The van der Waals surface area contributed by atoms with Gasteiger partial charge in [0.15, 0.2) is 0 Å². The molecule has 0 aliphatic carbocycles. The van der Waals surface area contributed by atoms with Crippen LogP contribution in [0.1, 0.15) is 48.9 Å². The minimum absolute atomic E-state index is 0.103. The van der Waals surface area contributed by atoms with Crippen LogP contribution in [0.2, 0.25) is 0 Å². The van der Waals surface area contributed by atoms with Crippen LogP contribution in [-0.2, 0) is 11.8 Å². The van der Waals surface area contributed by atoms with Gasteiger partial charge in [-0.1, -0.05) is 118 Å². The standard InChI is InChI=1S/C32H28Br2N2O/c1-32(2,3)26-14-10-25(11-15-26)31-35-30(36-37-31)24-8-6-22(7-9-24)29(23-12-18-28(34)19-13-23)20-21-4-16-27(33)17-5-21/h4-19,29H,20H2,1-3H3. The van der Waals surface area contributed by atoms with E-state index in [4.69, 9.17) is 4.52 Å². The number of hydrogen-bond acceptors (Lipinski definition) is 3. The summed E-state index contributed by atoms with van der Waals surface area (Å²) in [5.41, 5.74) is 7.05. The van der Waals surface area contributed by atoms with Crippen molar-refractivity contribution in [2.75, 3.05) is 0 Å². The smallest absolute Gasteiger partial charge is 0.258 e. The van der Waals surface area contributed by atoms with E-state index in [9.17, 15) is 0 Å². The zero-order valence-electron chi connectivity index (χ0n) is 21.1. The molecule has 5 rings (SSSR count). The van der Waals surface area contributed by atoms with Gasteiger partial charge in [-0.3, -0.25) is 0 Å². The number of nitrogens with zero attached hydrogens (tertiary/aromatic N) is 2. The fraction of sp³-hybridized carbons (Fsp3) is 0.188. The predicted molar refractivity (Wildman–Crippen MR) is 158 cm³/mol. The minimum Gasteiger partial charge on any atom is -0.334 e. The van der Waals surface area contributed by atoms with Crippen LogP contribution in [0.4, 0.5) is 0 Å². The van der Waals surface area contributed by atoms with Crippen molar-refractivity contribution in [1.29, 1.82) is 0 Å². The monoisotopic (exact) mass is 614 g/mol. The Morgan fingerprint density at radius 1 is 0.676 bits per heavy atom. The van der Waals surface area contributed by atoms with Crippen molar-refractivity contribution in [2.24, 2.45) is 0 Å². The maximum atomic E-state index is 5.61. The lowest BCUT2D eigenvalue weighted by Gasteiger charge is -2.19. The lowest BCUT2D eigenvalue weighted by Crippen LogP contribution is -2.10. The number of benzene rings is 4. The molecule has 1 heterocycles. The average Bonchev–Trinajstić information content (AvgIpc) is 3.39. The molecule has 0 fully saturated rings. The average molecular weight is 616 g/mol. The van der Waals surface area contributed by atoms with Gasteiger partial charge in [0, 0.05) is 26.0 Å². The second-order valence-electron chi connectivity index (χ2n) is 10.3. The second-order valence-corrected chi connectivity index (χ2v) is 12.1. The molecule has 0 saturated heterocycles. The van der Waals surface area contributed by atoms with Crippen LogP contribution in [0.5, 0.6) is 0 Å². The molecule has 186 valence electrons. The molecule has 0 radical (unpaired) electrons. The molecule has 1 atom stereocenters. The Labute approximate surface area is 235 Å². The summed E-state index contributed by atoms with van der Waals surface area (Å²) < 4.78 is 7.78. The Morgan fingerprint density at radius 2 is 1.19 bits per heavy atom. The fourth-order valence-electron chi connectivity index (χ4n) is 4.41. The second kappa shape index (κ2) is 10.8. The van der Waals surface area contributed by atoms with Crippen LogP contribution in [0.15, 0.2) is 111 Å². The van der Waals surface area contributed by atoms with Crippen LogP contribution >= 0.6 is 31.9 Å². The molecule has 0 spiro atoms. The largest absolute Gasteiger partial charge is 0.334 e. The lowest BCUT2D eigenvalue weighted by molar-refractivity contribution is 0.432. The maximum Gasteiger partial charge on any atom is 0.258 e. The maximum absolute atomic E-state index is 5.61. The highest BCUT2D eigenvalue weighted by Gasteiger charge is 2.18. The zero-order chi connectivity index (χ0) is 26.0. The van der Waals surface area contributed by atoms with Crippen LogP contribution in [-0.4, -0.2) is 10.1 Å². The first-order chi connectivity index (χ1) is 17.8. The van der Waals surface area contributed by atoms with Gasteiger partial charge in [0.25, 0.3) is 5.89 Å². The van der Waals surface area contributed by atoms with Crippen molar-refractivity contribution in [2.45, 2.75) is 38.5 Å². The molecular formula is C32H28Br2N2O. The van der Waals surface area contributed by atoms with Gasteiger partial charge in [0.1, 0.15) is 0 Å². The highest BCUT2D eigenvalue weighted by molar-refractivity contribution is 9.10. The predicted octanol–water partition coefficient (Wildman–Crippen LogP) is 9.60. The summed E-state index contributed by atoms with van der Waals surface area (Å²) in [5, 5.41) is 4.26. The van der Waals surface area contributed by atoms with E-state index in [0.717, 1.165) is 26.5 Å². The molecule has 4 aromatic carbocycles. The molecule has 0 N–H and O–H groups in total. The van der Waals surface area contributed by atoms with E-state index >= 15 is 0 Å². The molecule has 0 saturated carbocycles. The molecule has 5 heteroatoms. The normalized spacial score (nSPS) is 12.5. The van der Waals surface area contributed by atoms with Gasteiger partial charge < -0.3 is 4.52 Å². The molecule has 37 heavy (non-hydrogen) atoms. The highest BCUT2D eigenvalue weighted by Crippen LogP contribution is 2.32. The van der Waals surface area contributed by atoms with Gasteiger partial charge >= 0.3 is 0 Å². The van der Waals surface area contributed by atoms with E-state index in [2.05, 4.69) is 148 Å². The van der Waals surface area contributed by atoms with Crippen molar-refractivity contribution in [3.63, 3.8) is 0 Å². The topological polar surface area (TPSA) is 38.9 Å². The van der Waals surface area contributed by atoms with Crippen molar-refractivity contribution < 1.29 is 4.52 Å². The third-order valence-electron chi connectivity index (χ3n) is 6.62. The number of hydrogen-bond donors (Lipinski definition) is 0. The van der Waals surface area contributed by atoms with E-state index in [-0.39, 0.29) is 11.3 Å². The summed E-state index contributed by atoms with van der Waals surface area (Å²) in [6, 6.07) is 34.0. The van der Waals surface area contributed by atoms with Gasteiger partial charge in [-0.15, -0.1) is 0 Å². The third-order valence-corrected chi connectivity index (χ3v) is 7.68. The zero-order valence-corrected chi connectivity index (χ0v) is 24.3. The molecule has 0 bridgehead atoms. The Hall–Kier alpha value is -3.02. The summed E-state index contributed by atoms with van der Waals surface area (Å²) >= 11 is 7.11.